The van der Waals surface area contributed by atoms with Gasteiger partial charge in [0.2, 0.25) is 0 Å². The van der Waals surface area contributed by atoms with E-state index in [0.29, 0.717) is 0 Å². The van der Waals surface area contributed by atoms with E-state index in [1.165, 1.54) is 10.9 Å². The highest BCUT2D eigenvalue weighted by Crippen LogP contribution is 2.56. The average molecular weight is 955 g/mol. The van der Waals surface area contributed by atoms with Gasteiger partial charge in [-0.2, -0.15) is 0 Å². The summed E-state index contributed by atoms with van der Waals surface area (Å²) >= 11 is 5.55. The van der Waals surface area contributed by atoms with Crippen molar-refractivity contribution in [1.82, 2.24) is 34.1 Å². The average Bonchev–Trinajstić information content (AvgIpc) is 3.92. The first-order valence-electron chi connectivity index (χ1n) is 19.5. The summed E-state index contributed by atoms with van der Waals surface area (Å²) in [6.45, 7) is 8.78. The van der Waals surface area contributed by atoms with Gasteiger partial charge in [0.1, 0.15) is 47.8 Å². The second-order valence-corrected chi connectivity index (χ2v) is 29.2. The molecule has 0 aromatic carbocycles. The summed E-state index contributed by atoms with van der Waals surface area (Å²) in [5.74, 6) is -0.973. The zero-order valence-corrected chi connectivity index (χ0v) is 39.0. The van der Waals surface area contributed by atoms with Gasteiger partial charge in [-0.05, 0) is 34.0 Å². The van der Waals surface area contributed by atoms with Crippen molar-refractivity contribution in [1.29, 1.82) is 0 Å². The SMILES string of the molecule is CC(C)[Si](O)(O[Si](O[C@H]1[C@H]2OP(O)(=S)OC[C@H]3O[C@@H](n4cnc5c(N)ncnc54)[C@H](F)[C@@H]3OP(=O)(O)OC[C@H]1O[C@H]2n1cc(F)c2c(=O)[nH]cnc21)(C(C)C)C(C)C)C(C)C. The molecular formula is C33H50F2N8O13P2SSi2. The molecule has 10 atom stereocenters. The number of rotatable bonds is 10. The van der Waals surface area contributed by atoms with Crippen LogP contribution < -0.4 is 11.3 Å². The molecule has 0 radical (unpaired) electrons. The summed E-state index contributed by atoms with van der Waals surface area (Å²) in [7, 11) is -12.6. The molecular weight excluding hydrogens is 905 g/mol. The summed E-state index contributed by atoms with van der Waals surface area (Å²) in [5.41, 5.74) is 3.80. The molecule has 4 aromatic rings. The lowest BCUT2D eigenvalue weighted by molar-refractivity contribution is -0.0635. The van der Waals surface area contributed by atoms with Gasteiger partial charge in [0, 0.05) is 6.20 Å². The van der Waals surface area contributed by atoms with Gasteiger partial charge < -0.3 is 52.4 Å². The minimum Gasteiger partial charge on any atom is -0.414 e. The fraction of sp³-hybridized carbons (Fsp3) is 0.667. The zero-order valence-electron chi connectivity index (χ0n) is 34.4. The third-order valence-corrected chi connectivity index (χ3v) is 23.6. The molecule has 2 unspecified atom stereocenters. The Kier molecular flexibility index (Phi) is 13.1. The van der Waals surface area contributed by atoms with Crippen molar-refractivity contribution in [2.24, 2.45) is 0 Å². The summed E-state index contributed by atoms with van der Waals surface area (Å²) in [6.07, 6.45) is -8.82. The molecule has 2 bridgehead atoms. The number of phosphoric acid groups is 1. The molecule has 61 heavy (non-hydrogen) atoms. The van der Waals surface area contributed by atoms with Crippen LogP contribution in [0, 0.1) is 5.82 Å². The number of anilines is 1. The lowest BCUT2D eigenvalue weighted by Gasteiger charge is -2.47. The van der Waals surface area contributed by atoms with Gasteiger partial charge in [0.25, 0.3) is 5.56 Å². The summed E-state index contributed by atoms with van der Waals surface area (Å²) in [4.78, 5) is 66.7. The van der Waals surface area contributed by atoms with Crippen molar-refractivity contribution in [3.05, 3.63) is 41.3 Å². The Hall–Kier alpha value is -2.50. The van der Waals surface area contributed by atoms with Crippen LogP contribution in [0.15, 0.2) is 30.0 Å². The zero-order chi connectivity index (χ0) is 44.6. The summed E-state index contributed by atoms with van der Waals surface area (Å²) in [6, 6.07) is 0. The molecule has 338 valence electrons. The first-order valence-corrected chi connectivity index (χ1v) is 27.6. The number of phosphoric ester groups is 1. The van der Waals surface area contributed by atoms with Crippen LogP contribution in [0.3, 0.4) is 0 Å². The fourth-order valence-corrected chi connectivity index (χ4v) is 20.4. The van der Waals surface area contributed by atoms with Crippen LogP contribution in [0.4, 0.5) is 14.6 Å². The largest absolute Gasteiger partial charge is 0.472 e. The molecule has 7 rings (SSSR count). The highest BCUT2D eigenvalue weighted by Gasteiger charge is 2.61. The number of nitrogens with one attached hydrogen (secondary N) is 1. The van der Waals surface area contributed by atoms with Gasteiger partial charge in [0.15, 0.2) is 41.6 Å². The van der Waals surface area contributed by atoms with Crippen LogP contribution in [-0.2, 0) is 52.5 Å². The van der Waals surface area contributed by atoms with Crippen LogP contribution in [0.1, 0.15) is 67.8 Å². The van der Waals surface area contributed by atoms with Crippen molar-refractivity contribution in [3.63, 3.8) is 0 Å². The minimum absolute atomic E-state index is 0.00667. The molecule has 0 saturated carbocycles. The fourth-order valence-electron chi connectivity index (χ4n) is 8.07. The predicted molar refractivity (Wildman–Crippen MR) is 221 cm³/mol. The van der Waals surface area contributed by atoms with E-state index in [0.717, 1.165) is 23.4 Å². The van der Waals surface area contributed by atoms with Crippen molar-refractivity contribution < 1.29 is 64.0 Å². The van der Waals surface area contributed by atoms with E-state index in [9.17, 15) is 23.9 Å². The number of fused-ring (bicyclic) bond motifs is 5. The molecule has 0 aliphatic carbocycles. The molecule has 7 heterocycles. The number of hydrogen-bond acceptors (Lipinski definition) is 17. The van der Waals surface area contributed by atoms with E-state index in [4.69, 9.17) is 53.7 Å². The normalized spacial score (nSPS) is 32.0. The number of nitrogens with zero attached hydrogens (tertiary/aromatic N) is 6. The van der Waals surface area contributed by atoms with Crippen LogP contribution in [0.2, 0.25) is 22.2 Å². The highest BCUT2D eigenvalue weighted by atomic mass is 32.5. The Morgan fingerprint density at radius 2 is 1.57 bits per heavy atom. The number of H-pyrrole nitrogens is 1. The first kappa shape index (κ1) is 46.5. The lowest BCUT2D eigenvalue weighted by atomic mass is 10.1. The lowest BCUT2D eigenvalue weighted by Crippen LogP contribution is -2.62. The molecule has 28 heteroatoms. The Bertz CT molecular complexity index is 2400. The first-order chi connectivity index (χ1) is 28.5. The summed E-state index contributed by atoms with van der Waals surface area (Å²) in [5, 5.41) is -0.426. The molecule has 0 spiro atoms. The molecule has 21 nitrogen and oxygen atoms in total. The van der Waals surface area contributed by atoms with E-state index in [-0.39, 0.29) is 44.8 Å². The molecule has 3 fully saturated rings. The van der Waals surface area contributed by atoms with Crippen molar-refractivity contribution >= 4 is 71.5 Å². The maximum atomic E-state index is 16.5. The number of aromatic amines is 1. The van der Waals surface area contributed by atoms with Crippen molar-refractivity contribution in [2.75, 3.05) is 18.9 Å². The van der Waals surface area contributed by atoms with Crippen LogP contribution in [0.5, 0.6) is 0 Å². The number of aromatic nitrogens is 7. The molecule has 0 amide bonds. The van der Waals surface area contributed by atoms with Crippen molar-refractivity contribution in [2.45, 2.75) is 127 Å². The standard InChI is InChI=1S/C33H50F2N8O13P2SSi2/c1-15(2)60(48,16(3)4)56-61(17(5)6,18(7)8)55-26-21-10-49-57(45,46)53-25-20(51-32(23(25)35)43-14-41-24-28(36)37-12-39-30(24)43)11-50-58(47,59)54-27(26)33(52-21)42-9-19(34)22-29(42)38-13-40-31(22)44/h9,12-18,20-21,23,25-27,32-33,48H,10-11H2,1-8H3,(H,45,46)(H,47,59)(H2,36,37,39)(H,38,40,44)/t20-,21-,23-,25-,26-,27-,32-,33-,58?/m1/s1. The van der Waals surface area contributed by atoms with Gasteiger partial charge >= 0.3 is 31.7 Å². The Labute approximate surface area is 355 Å². The minimum atomic E-state index is -5.27. The summed E-state index contributed by atoms with van der Waals surface area (Å²) < 4.78 is 97.8. The van der Waals surface area contributed by atoms with Crippen LogP contribution in [0.25, 0.3) is 22.2 Å². The maximum absolute atomic E-state index is 16.5. The van der Waals surface area contributed by atoms with Gasteiger partial charge in [-0.15, -0.1) is 0 Å². The quantitative estimate of drug-likeness (QED) is 0.108. The van der Waals surface area contributed by atoms with E-state index < -0.39 is 111 Å². The topological polar surface area (TPSA) is 272 Å². The highest BCUT2D eigenvalue weighted by molar-refractivity contribution is 8.07. The van der Waals surface area contributed by atoms with E-state index in [1.807, 2.05) is 55.4 Å². The van der Waals surface area contributed by atoms with Gasteiger partial charge in [0.05, 0.1) is 25.9 Å². The number of nitrogen functional groups attached to an aromatic ring is 1. The van der Waals surface area contributed by atoms with E-state index in [2.05, 4.69) is 24.9 Å². The Morgan fingerprint density at radius 3 is 2.23 bits per heavy atom. The second kappa shape index (κ2) is 17.1. The number of halogens is 2. The second-order valence-electron chi connectivity index (χ2n) is 16.4. The number of nitrogens with two attached hydrogens (primary N) is 1. The molecule has 3 aliphatic heterocycles. The van der Waals surface area contributed by atoms with Crippen molar-refractivity contribution in [3.8, 4) is 0 Å². The third kappa shape index (κ3) is 8.60. The van der Waals surface area contributed by atoms with E-state index in [1.54, 1.807) is 0 Å². The monoisotopic (exact) mass is 954 g/mol. The van der Waals surface area contributed by atoms with Gasteiger partial charge in [-0.25, -0.2) is 33.3 Å². The number of alkyl halides is 1. The van der Waals surface area contributed by atoms with Gasteiger partial charge in [-0.3, -0.25) is 22.9 Å². The third-order valence-electron chi connectivity index (χ3n) is 11.3. The van der Waals surface area contributed by atoms with Gasteiger partial charge in [-0.1, -0.05) is 55.4 Å². The smallest absolute Gasteiger partial charge is 0.414 e. The molecule has 6 N–H and O–H groups in total. The van der Waals surface area contributed by atoms with Crippen LogP contribution >= 0.6 is 14.5 Å². The molecule has 3 aliphatic rings. The van der Waals surface area contributed by atoms with E-state index >= 15 is 8.78 Å². The predicted octanol–water partition coefficient (Wildman–Crippen LogP) is 4.47. The van der Waals surface area contributed by atoms with Crippen LogP contribution in [-0.4, -0.2) is 116 Å². The number of imidazole rings is 1. The Balaban J connectivity index is 1.32. The Morgan fingerprint density at radius 1 is 0.918 bits per heavy atom. The number of ether oxygens (including phenoxy) is 2. The number of hydrogen-bond donors (Lipinski definition) is 5. The molecule has 3 saturated heterocycles. The molecule has 4 aromatic heterocycles. The maximum Gasteiger partial charge on any atom is 0.472 e.